The summed E-state index contributed by atoms with van der Waals surface area (Å²) in [5, 5.41) is 0. The van der Waals surface area contributed by atoms with Crippen molar-refractivity contribution in [2.24, 2.45) is 5.92 Å². The van der Waals surface area contributed by atoms with E-state index in [0.717, 1.165) is 38.5 Å². The molecule has 1 fully saturated rings. The predicted octanol–water partition coefficient (Wildman–Crippen LogP) is -0.138. The number of aromatic amines is 1. The van der Waals surface area contributed by atoms with E-state index in [0.29, 0.717) is 0 Å². The zero-order chi connectivity index (χ0) is 13.8. The Morgan fingerprint density at radius 1 is 1.47 bits per heavy atom. The molecule has 0 aromatic carbocycles. The topological polar surface area (TPSA) is 55.5 Å². The number of amides is 1. The molecule has 6 nitrogen and oxygen atoms in total. The summed E-state index contributed by atoms with van der Waals surface area (Å²) >= 11 is 0. The van der Waals surface area contributed by atoms with E-state index in [1.165, 1.54) is 0 Å². The second-order valence-electron chi connectivity index (χ2n) is 5.46. The van der Waals surface area contributed by atoms with Crippen molar-refractivity contribution >= 4 is 5.91 Å². The van der Waals surface area contributed by atoms with Gasteiger partial charge in [-0.15, -0.1) is 0 Å². The Labute approximate surface area is 114 Å². The number of rotatable bonds is 3. The van der Waals surface area contributed by atoms with Crippen LogP contribution >= 0.6 is 0 Å². The standard InChI is InChI=1S/C13H23N5O/c1-16(2)13(19)11-8-17(3)6-7-18(9-11)10-12-14-4-5-15-12/h4-5,11H,6-10H2,1-3H3,(H,14,15). The van der Waals surface area contributed by atoms with E-state index < -0.39 is 0 Å². The maximum absolute atomic E-state index is 12.2. The third-order valence-corrected chi connectivity index (χ3v) is 3.53. The van der Waals surface area contributed by atoms with Gasteiger partial charge in [0.15, 0.2) is 0 Å². The second kappa shape index (κ2) is 6.16. The van der Waals surface area contributed by atoms with Gasteiger partial charge in [-0.25, -0.2) is 4.98 Å². The number of nitrogens with zero attached hydrogens (tertiary/aromatic N) is 4. The molecule has 1 amide bonds. The van der Waals surface area contributed by atoms with Gasteiger partial charge in [0.25, 0.3) is 0 Å². The molecular weight excluding hydrogens is 242 g/mol. The Morgan fingerprint density at radius 3 is 2.89 bits per heavy atom. The van der Waals surface area contributed by atoms with E-state index in [2.05, 4.69) is 26.8 Å². The van der Waals surface area contributed by atoms with Crippen molar-refractivity contribution in [3.8, 4) is 0 Å². The summed E-state index contributed by atoms with van der Waals surface area (Å²) in [5.41, 5.74) is 0. The maximum atomic E-state index is 12.2. The molecule has 6 heteroatoms. The summed E-state index contributed by atoms with van der Waals surface area (Å²) in [4.78, 5) is 25.8. The highest BCUT2D eigenvalue weighted by atomic mass is 16.2. The number of nitrogens with one attached hydrogen (secondary N) is 1. The van der Waals surface area contributed by atoms with E-state index in [-0.39, 0.29) is 11.8 Å². The Bertz CT molecular complexity index is 403. The largest absolute Gasteiger partial charge is 0.348 e. The lowest BCUT2D eigenvalue weighted by atomic mass is 10.1. The van der Waals surface area contributed by atoms with Crippen LogP contribution in [0.5, 0.6) is 0 Å². The van der Waals surface area contributed by atoms with Gasteiger partial charge in [-0.2, -0.15) is 0 Å². The fourth-order valence-corrected chi connectivity index (χ4v) is 2.50. The van der Waals surface area contributed by atoms with Crippen molar-refractivity contribution < 1.29 is 4.79 Å². The second-order valence-corrected chi connectivity index (χ2v) is 5.46. The highest BCUT2D eigenvalue weighted by molar-refractivity contribution is 5.78. The maximum Gasteiger partial charge on any atom is 0.227 e. The van der Waals surface area contributed by atoms with Crippen LogP contribution in [-0.2, 0) is 11.3 Å². The van der Waals surface area contributed by atoms with Gasteiger partial charge in [0, 0.05) is 52.7 Å². The number of imidazole rings is 1. The fraction of sp³-hybridized carbons (Fsp3) is 0.692. The van der Waals surface area contributed by atoms with Gasteiger partial charge in [0.2, 0.25) is 5.91 Å². The summed E-state index contributed by atoms with van der Waals surface area (Å²) in [7, 11) is 5.72. The minimum absolute atomic E-state index is 0.0393. The molecule has 1 N–H and O–H groups in total. The van der Waals surface area contributed by atoms with Crippen LogP contribution in [-0.4, -0.2) is 77.9 Å². The van der Waals surface area contributed by atoms with E-state index in [1.54, 1.807) is 11.1 Å². The van der Waals surface area contributed by atoms with Crippen molar-refractivity contribution in [3.63, 3.8) is 0 Å². The number of H-pyrrole nitrogens is 1. The summed E-state index contributed by atoms with van der Waals surface area (Å²) in [6.45, 7) is 4.35. The molecule has 0 radical (unpaired) electrons. The van der Waals surface area contributed by atoms with Gasteiger partial charge in [-0.3, -0.25) is 9.69 Å². The summed E-state index contributed by atoms with van der Waals surface area (Å²) in [6.07, 6.45) is 3.60. The lowest BCUT2D eigenvalue weighted by Gasteiger charge is -2.24. The van der Waals surface area contributed by atoms with Gasteiger partial charge >= 0.3 is 0 Å². The summed E-state index contributed by atoms with van der Waals surface area (Å²) < 4.78 is 0. The van der Waals surface area contributed by atoms with Crippen molar-refractivity contribution in [2.45, 2.75) is 6.54 Å². The molecule has 106 valence electrons. The Balaban J connectivity index is 2.02. The highest BCUT2D eigenvalue weighted by Crippen LogP contribution is 2.12. The Morgan fingerprint density at radius 2 is 2.26 bits per heavy atom. The molecule has 1 atom stereocenters. The van der Waals surface area contributed by atoms with Crippen LogP contribution in [0.1, 0.15) is 5.82 Å². The van der Waals surface area contributed by atoms with Crippen LogP contribution < -0.4 is 0 Å². The zero-order valence-corrected chi connectivity index (χ0v) is 12.0. The van der Waals surface area contributed by atoms with E-state index in [4.69, 9.17) is 0 Å². The smallest absolute Gasteiger partial charge is 0.227 e. The molecule has 0 saturated carbocycles. The molecule has 1 aliphatic heterocycles. The normalized spacial score (nSPS) is 22.2. The highest BCUT2D eigenvalue weighted by Gasteiger charge is 2.27. The molecule has 0 spiro atoms. The monoisotopic (exact) mass is 265 g/mol. The number of carbonyl (C=O) groups excluding carboxylic acids is 1. The number of carbonyl (C=O) groups is 1. The SMILES string of the molecule is CN1CCN(Cc2ncc[nH]2)CC(C(=O)N(C)C)C1. The first-order chi connectivity index (χ1) is 9.06. The third kappa shape index (κ3) is 3.78. The molecular formula is C13H23N5O. The van der Waals surface area contributed by atoms with Gasteiger partial charge < -0.3 is 14.8 Å². The lowest BCUT2D eigenvalue weighted by Crippen LogP contribution is -2.40. The molecule has 1 unspecified atom stereocenters. The first-order valence-corrected chi connectivity index (χ1v) is 6.66. The predicted molar refractivity (Wildman–Crippen MR) is 73.5 cm³/mol. The fourth-order valence-electron chi connectivity index (χ4n) is 2.50. The van der Waals surface area contributed by atoms with Crippen molar-refractivity contribution in [2.75, 3.05) is 47.3 Å². The minimum Gasteiger partial charge on any atom is -0.348 e. The molecule has 2 heterocycles. The van der Waals surface area contributed by atoms with Crippen molar-refractivity contribution in [3.05, 3.63) is 18.2 Å². The Hall–Kier alpha value is -1.40. The number of hydrogen-bond donors (Lipinski definition) is 1. The molecule has 2 rings (SSSR count). The van der Waals surface area contributed by atoms with Crippen LogP contribution in [0.3, 0.4) is 0 Å². The van der Waals surface area contributed by atoms with E-state index in [9.17, 15) is 4.79 Å². The van der Waals surface area contributed by atoms with Gasteiger partial charge in [0.1, 0.15) is 5.82 Å². The molecule has 0 bridgehead atoms. The number of likely N-dealkylation sites (N-methyl/N-ethyl adjacent to an activating group) is 1. The zero-order valence-electron chi connectivity index (χ0n) is 12.0. The number of hydrogen-bond acceptors (Lipinski definition) is 4. The van der Waals surface area contributed by atoms with Crippen LogP contribution in [0.2, 0.25) is 0 Å². The molecule has 1 aliphatic rings. The van der Waals surface area contributed by atoms with Crippen LogP contribution in [0.15, 0.2) is 12.4 Å². The first-order valence-electron chi connectivity index (χ1n) is 6.66. The van der Waals surface area contributed by atoms with Crippen molar-refractivity contribution in [1.29, 1.82) is 0 Å². The molecule has 1 aromatic rings. The van der Waals surface area contributed by atoms with Crippen LogP contribution in [0.25, 0.3) is 0 Å². The van der Waals surface area contributed by atoms with Crippen molar-refractivity contribution in [1.82, 2.24) is 24.7 Å². The van der Waals surface area contributed by atoms with E-state index >= 15 is 0 Å². The Kier molecular flexibility index (Phi) is 4.55. The quantitative estimate of drug-likeness (QED) is 0.826. The molecule has 1 saturated heterocycles. The average molecular weight is 265 g/mol. The molecule has 0 aliphatic carbocycles. The van der Waals surface area contributed by atoms with Gasteiger partial charge in [0.05, 0.1) is 12.5 Å². The summed E-state index contributed by atoms with van der Waals surface area (Å²) in [6, 6.07) is 0. The minimum atomic E-state index is 0.0393. The average Bonchev–Trinajstić information content (AvgIpc) is 2.79. The van der Waals surface area contributed by atoms with Crippen LogP contribution in [0, 0.1) is 5.92 Å². The van der Waals surface area contributed by atoms with E-state index in [1.807, 2.05) is 20.3 Å². The molecule has 1 aromatic heterocycles. The summed E-state index contributed by atoms with van der Waals surface area (Å²) in [5.74, 6) is 1.20. The lowest BCUT2D eigenvalue weighted by molar-refractivity contribution is -0.133. The van der Waals surface area contributed by atoms with Gasteiger partial charge in [-0.05, 0) is 7.05 Å². The molecule has 19 heavy (non-hydrogen) atoms. The first kappa shape index (κ1) is 14.0. The van der Waals surface area contributed by atoms with Gasteiger partial charge in [-0.1, -0.05) is 0 Å². The number of aromatic nitrogens is 2. The van der Waals surface area contributed by atoms with Crippen LogP contribution in [0.4, 0.5) is 0 Å². The third-order valence-electron chi connectivity index (χ3n) is 3.53.